The Balaban J connectivity index is 1.34. The van der Waals surface area contributed by atoms with Crippen LogP contribution in [0.3, 0.4) is 0 Å². The van der Waals surface area contributed by atoms with Gasteiger partial charge in [0.1, 0.15) is 5.75 Å². The topological polar surface area (TPSA) is 43.7 Å². The average molecular weight is 370 g/mol. The van der Waals surface area contributed by atoms with Crippen LogP contribution in [0, 0.1) is 6.92 Å². The Kier molecular flexibility index (Phi) is 7.48. The maximum Gasteiger partial charge on any atom is 0.255 e. The van der Waals surface area contributed by atoms with E-state index in [1.54, 1.807) is 10.6 Å². The molecule has 0 unspecified atom stereocenters. The van der Waals surface area contributed by atoms with Crippen LogP contribution in [0.2, 0.25) is 0 Å². The van der Waals surface area contributed by atoms with E-state index in [9.17, 15) is 4.79 Å². The summed E-state index contributed by atoms with van der Waals surface area (Å²) >= 11 is 0. The molecule has 0 aliphatic carbocycles. The van der Waals surface area contributed by atoms with Crippen molar-refractivity contribution in [3.8, 4) is 11.4 Å². The van der Waals surface area contributed by atoms with E-state index in [0.717, 1.165) is 56.3 Å². The molecule has 1 fully saturated rings. The predicted octanol–water partition coefficient (Wildman–Crippen LogP) is 3.42. The van der Waals surface area contributed by atoms with E-state index in [1.165, 1.54) is 25.8 Å². The lowest BCUT2D eigenvalue weighted by molar-refractivity contribution is 0.0371. The number of nitrogens with zero attached hydrogens (tertiary/aromatic N) is 2. The van der Waals surface area contributed by atoms with Crippen LogP contribution in [-0.4, -0.2) is 48.9 Å². The molecule has 1 aliphatic rings. The van der Waals surface area contributed by atoms with E-state index in [2.05, 4.69) is 4.90 Å². The summed E-state index contributed by atoms with van der Waals surface area (Å²) in [6, 6.07) is 11.2. The van der Waals surface area contributed by atoms with Crippen LogP contribution >= 0.6 is 0 Å². The Morgan fingerprint density at radius 3 is 2.48 bits per heavy atom. The van der Waals surface area contributed by atoms with Gasteiger partial charge in [-0.1, -0.05) is 18.9 Å². The Hall–Kier alpha value is -2.11. The molecule has 0 spiro atoms. The highest BCUT2D eigenvalue weighted by molar-refractivity contribution is 5.38. The van der Waals surface area contributed by atoms with Crippen molar-refractivity contribution >= 4 is 0 Å². The molecule has 5 heteroatoms. The van der Waals surface area contributed by atoms with Crippen molar-refractivity contribution in [3.05, 3.63) is 58.5 Å². The van der Waals surface area contributed by atoms with Crippen molar-refractivity contribution in [2.45, 2.75) is 32.6 Å². The third kappa shape index (κ3) is 6.22. The summed E-state index contributed by atoms with van der Waals surface area (Å²) in [4.78, 5) is 14.5. The Morgan fingerprint density at radius 2 is 1.70 bits per heavy atom. The highest BCUT2D eigenvalue weighted by Gasteiger charge is 2.08. The number of aromatic nitrogens is 1. The zero-order valence-corrected chi connectivity index (χ0v) is 16.2. The Labute approximate surface area is 161 Å². The molecule has 146 valence electrons. The normalized spacial score (nSPS) is 15.0. The summed E-state index contributed by atoms with van der Waals surface area (Å²) in [5.74, 6) is 0.854. The van der Waals surface area contributed by atoms with E-state index < -0.39 is 0 Å². The lowest BCUT2D eigenvalue weighted by Gasteiger charge is -2.26. The summed E-state index contributed by atoms with van der Waals surface area (Å²) in [5.41, 5.74) is 1.90. The van der Waals surface area contributed by atoms with Crippen LogP contribution in [0.5, 0.6) is 5.75 Å². The third-order valence-electron chi connectivity index (χ3n) is 4.91. The van der Waals surface area contributed by atoms with Gasteiger partial charge in [0.2, 0.25) is 0 Å². The smallest absolute Gasteiger partial charge is 0.255 e. The molecule has 0 saturated carbocycles. The van der Waals surface area contributed by atoms with Gasteiger partial charge in [0.15, 0.2) is 0 Å². The number of rotatable bonds is 9. The largest absolute Gasteiger partial charge is 0.494 e. The minimum Gasteiger partial charge on any atom is -0.494 e. The van der Waals surface area contributed by atoms with Gasteiger partial charge in [-0.25, -0.2) is 0 Å². The van der Waals surface area contributed by atoms with Crippen molar-refractivity contribution in [2.75, 3.05) is 39.5 Å². The number of aryl methyl sites for hydroxylation is 1. The van der Waals surface area contributed by atoms with Gasteiger partial charge in [-0.05, 0) is 56.1 Å². The van der Waals surface area contributed by atoms with Gasteiger partial charge in [-0.3, -0.25) is 14.3 Å². The molecule has 3 rings (SSSR count). The maximum atomic E-state index is 12.0. The molecule has 27 heavy (non-hydrogen) atoms. The van der Waals surface area contributed by atoms with Crippen molar-refractivity contribution < 1.29 is 9.47 Å². The van der Waals surface area contributed by atoms with Gasteiger partial charge in [-0.2, -0.15) is 0 Å². The molecule has 2 heterocycles. The van der Waals surface area contributed by atoms with Crippen LogP contribution in [-0.2, 0) is 4.74 Å². The standard InChI is InChI=1S/C22H30N2O3/c1-19-6-11-22(25)24(18-19)20-7-9-21(10-8-20)27-15-5-3-2-4-12-23-13-16-26-17-14-23/h6-11,18H,2-5,12-17H2,1H3. The van der Waals surface area contributed by atoms with Crippen molar-refractivity contribution in [1.29, 1.82) is 0 Å². The number of hydrogen-bond acceptors (Lipinski definition) is 4. The SMILES string of the molecule is Cc1ccc(=O)n(-c2ccc(OCCCCCCN3CCOCC3)cc2)c1. The van der Waals surface area contributed by atoms with Crippen molar-refractivity contribution in [2.24, 2.45) is 0 Å². The molecule has 1 aromatic carbocycles. The zero-order valence-electron chi connectivity index (χ0n) is 16.2. The van der Waals surface area contributed by atoms with Crippen LogP contribution in [0.1, 0.15) is 31.2 Å². The minimum atomic E-state index is -0.0219. The summed E-state index contributed by atoms with van der Waals surface area (Å²) in [6.45, 7) is 7.82. The zero-order chi connectivity index (χ0) is 18.9. The van der Waals surface area contributed by atoms with Gasteiger partial charge >= 0.3 is 0 Å². The fraction of sp³-hybridized carbons (Fsp3) is 0.500. The van der Waals surface area contributed by atoms with Crippen LogP contribution in [0.25, 0.3) is 5.69 Å². The number of ether oxygens (including phenoxy) is 2. The molecule has 1 saturated heterocycles. The second-order valence-corrected chi connectivity index (χ2v) is 7.13. The van der Waals surface area contributed by atoms with E-state index in [0.29, 0.717) is 0 Å². The lowest BCUT2D eigenvalue weighted by Crippen LogP contribution is -2.36. The first-order valence-electron chi connectivity index (χ1n) is 9.95. The monoisotopic (exact) mass is 370 g/mol. The van der Waals surface area contributed by atoms with Gasteiger partial charge in [0, 0.05) is 31.0 Å². The first-order chi connectivity index (χ1) is 13.2. The fourth-order valence-electron chi connectivity index (χ4n) is 3.30. The van der Waals surface area contributed by atoms with E-state index >= 15 is 0 Å². The molecule has 0 atom stereocenters. The quantitative estimate of drug-likeness (QED) is 0.635. The summed E-state index contributed by atoms with van der Waals surface area (Å²) < 4.78 is 12.9. The molecule has 1 aromatic heterocycles. The van der Waals surface area contributed by atoms with Gasteiger partial charge in [0.05, 0.1) is 19.8 Å². The average Bonchev–Trinajstić information content (AvgIpc) is 2.70. The molecule has 5 nitrogen and oxygen atoms in total. The van der Waals surface area contributed by atoms with Crippen LogP contribution < -0.4 is 10.3 Å². The maximum absolute atomic E-state index is 12.0. The van der Waals surface area contributed by atoms with Gasteiger partial charge < -0.3 is 9.47 Å². The van der Waals surface area contributed by atoms with E-state index in [1.807, 2.05) is 43.5 Å². The molecule has 0 N–H and O–H groups in total. The van der Waals surface area contributed by atoms with Crippen molar-refractivity contribution in [3.63, 3.8) is 0 Å². The minimum absolute atomic E-state index is 0.0219. The summed E-state index contributed by atoms with van der Waals surface area (Å²) in [6.07, 6.45) is 6.62. The second-order valence-electron chi connectivity index (χ2n) is 7.13. The third-order valence-corrected chi connectivity index (χ3v) is 4.91. The number of pyridine rings is 1. The van der Waals surface area contributed by atoms with Crippen LogP contribution in [0.4, 0.5) is 0 Å². The number of morpholine rings is 1. The van der Waals surface area contributed by atoms with Crippen molar-refractivity contribution in [1.82, 2.24) is 9.47 Å². The molecular formula is C22H30N2O3. The van der Waals surface area contributed by atoms with Crippen LogP contribution in [0.15, 0.2) is 47.4 Å². The number of unbranched alkanes of at least 4 members (excludes halogenated alkanes) is 3. The molecule has 0 radical (unpaired) electrons. The highest BCUT2D eigenvalue weighted by atomic mass is 16.5. The first-order valence-corrected chi connectivity index (χ1v) is 9.95. The van der Waals surface area contributed by atoms with Gasteiger partial charge in [-0.15, -0.1) is 0 Å². The van der Waals surface area contributed by atoms with Gasteiger partial charge in [0.25, 0.3) is 5.56 Å². The molecule has 0 amide bonds. The molecule has 0 bridgehead atoms. The second kappa shape index (κ2) is 10.3. The fourth-order valence-corrected chi connectivity index (χ4v) is 3.30. The first kappa shape index (κ1) is 19.6. The van der Waals surface area contributed by atoms with E-state index in [-0.39, 0.29) is 5.56 Å². The number of benzene rings is 1. The lowest BCUT2D eigenvalue weighted by atomic mass is 10.2. The summed E-state index contributed by atoms with van der Waals surface area (Å²) in [7, 11) is 0. The predicted molar refractivity (Wildman–Crippen MR) is 108 cm³/mol. The Morgan fingerprint density at radius 1 is 0.963 bits per heavy atom. The Bertz CT molecular complexity index is 749. The highest BCUT2D eigenvalue weighted by Crippen LogP contribution is 2.15. The number of hydrogen-bond donors (Lipinski definition) is 0. The molecule has 2 aromatic rings. The molecule has 1 aliphatic heterocycles. The molecular weight excluding hydrogens is 340 g/mol. The van der Waals surface area contributed by atoms with E-state index in [4.69, 9.17) is 9.47 Å². The summed E-state index contributed by atoms with van der Waals surface area (Å²) in [5, 5.41) is 0.